The number of alkyl halides is 2. The Balaban J connectivity index is 1.43. The van der Waals surface area contributed by atoms with Gasteiger partial charge < -0.3 is 20.3 Å². The molecular weight excluding hydrogens is 381 g/mol. The van der Waals surface area contributed by atoms with E-state index in [0.29, 0.717) is 18.8 Å². The van der Waals surface area contributed by atoms with Gasteiger partial charge in [0.1, 0.15) is 11.9 Å². The maximum atomic E-state index is 15.1. The summed E-state index contributed by atoms with van der Waals surface area (Å²) in [5, 5.41) is 0. The molecule has 8 heteroatoms. The first-order valence-electron chi connectivity index (χ1n) is 9.87. The van der Waals surface area contributed by atoms with E-state index in [4.69, 9.17) is 10.5 Å². The van der Waals surface area contributed by atoms with Crippen molar-refractivity contribution in [1.29, 1.82) is 0 Å². The average molecular weight is 406 g/mol. The number of hydrogen-bond acceptors (Lipinski definition) is 5. The molecule has 5 nitrogen and oxygen atoms in total. The van der Waals surface area contributed by atoms with Gasteiger partial charge in [-0.2, -0.15) is 0 Å². The Morgan fingerprint density at radius 3 is 2.59 bits per heavy atom. The standard InChI is InChI=1S/C21H25F3N4O/c1-14(25)15-2-4-16(5-3-15)29-17-7-10-27(12-17)18-6-9-26-20(19(18)22)28-11-8-21(23,24)13-28/h2-6,9,14,17H,7-8,10-13,25H2,1H3/t14-,17+/m0/s1. The lowest BCUT2D eigenvalue weighted by molar-refractivity contribution is 0.0256. The highest BCUT2D eigenvalue weighted by Gasteiger charge is 2.40. The third-order valence-electron chi connectivity index (χ3n) is 5.51. The number of benzene rings is 1. The Morgan fingerprint density at radius 1 is 1.17 bits per heavy atom. The van der Waals surface area contributed by atoms with Gasteiger partial charge in [-0.3, -0.25) is 0 Å². The zero-order chi connectivity index (χ0) is 20.6. The van der Waals surface area contributed by atoms with E-state index in [9.17, 15) is 8.78 Å². The smallest absolute Gasteiger partial charge is 0.266 e. The molecule has 0 radical (unpaired) electrons. The summed E-state index contributed by atoms with van der Waals surface area (Å²) in [6.07, 6.45) is 1.86. The number of pyridine rings is 1. The quantitative estimate of drug-likeness (QED) is 0.820. The predicted molar refractivity (Wildman–Crippen MR) is 106 cm³/mol. The van der Waals surface area contributed by atoms with E-state index >= 15 is 4.39 Å². The maximum absolute atomic E-state index is 15.1. The van der Waals surface area contributed by atoms with Gasteiger partial charge in [-0.15, -0.1) is 0 Å². The molecule has 2 N–H and O–H groups in total. The third kappa shape index (κ3) is 4.27. The first-order chi connectivity index (χ1) is 13.8. The van der Waals surface area contributed by atoms with E-state index in [1.807, 2.05) is 36.1 Å². The molecule has 3 heterocycles. The van der Waals surface area contributed by atoms with E-state index in [2.05, 4.69) is 4.98 Å². The second-order valence-electron chi connectivity index (χ2n) is 7.83. The highest BCUT2D eigenvalue weighted by molar-refractivity contribution is 5.58. The van der Waals surface area contributed by atoms with E-state index in [-0.39, 0.29) is 30.9 Å². The Hall–Kier alpha value is -2.48. The highest BCUT2D eigenvalue weighted by atomic mass is 19.3. The normalized spacial score (nSPS) is 22.2. The van der Waals surface area contributed by atoms with Gasteiger partial charge in [0, 0.05) is 38.2 Å². The molecule has 0 aliphatic carbocycles. The summed E-state index contributed by atoms with van der Waals surface area (Å²) in [5.41, 5.74) is 7.27. The van der Waals surface area contributed by atoms with Crippen LogP contribution in [0, 0.1) is 5.82 Å². The molecule has 0 saturated carbocycles. The largest absolute Gasteiger partial charge is 0.489 e. The van der Waals surface area contributed by atoms with E-state index in [1.54, 1.807) is 6.07 Å². The van der Waals surface area contributed by atoms with Gasteiger partial charge in [0.2, 0.25) is 0 Å². The van der Waals surface area contributed by atoms with Crippen molar-refractivity contribution < 1.29 is 17.9 Å². The number of rotatable bonds is 5. The van der Waals surface area contributed by atoms with Crippen LogP contribution < -0.4 is 20.3 Å². The minimum absolute atomic E-state index is 0.00413. The van der Waals surface area contributed by atoms with Gasteiger partial charge in [0.15, 0.2) is 11.6 Å². The van der Waals surface area contributed by atoms with Crippen LogP contribution in [0.1, 0.15) is 31.4 Å². The van der Waals surface area contributed by atoms with Crippen LogP contribution in [0.25, 0.3) is 0 Å². The molecule has 156 valence electrons. The molecule has 2 atom stereocenters. The van der Waals surface area contributed by atoms with Crippen LogP contribution in [0.4, 0.5) is 24.7 Å². The second kappa shape index (κ2) is 7.74. The fraction of sp³-hybridized carbons (Fsp3) is 0.476. The molecule has 0 bridgehead atoms. The molecule has 0 unspecified atom stereocenters. The first kappa shape index (κ1) is 19.8. The Bertz CT molecular complexity index is 860. The molecule has 2 fully saturated rings. The Morgan fingerprint density at radius 2 is 1.93 bits per heavy atom. The van der Waals surface area contributed by atoms with E-state index in [0.717, 1.165) is 17.7 Å². The summed E-state index contributed by atoms with van der Waals surface area (Å²) in [4.78, 5) is 7.22. The van der Waals surface area contributed by atoms with Crippen LogP contribution in [-0.2, 0) is 0 Å². The number of anilines is 2. The van der Waals surface area contributed by atoms with Crippen molar-refractivity contribution in [3.05, 3.63) is 47.9 Å². The minimum Gasteiger partial charge on any atom is -0.489 e. The molecule has 2 aliphatic heterocycles. The molecule has 0 amide bonds. The molecule has 2 saturated heterocycles. The summed E-state index contributed by atoms with van der Waals surface area (Å²) in [5.74, 6) is -2.60. The van der Waals surface area contributed by atoms with Crippen molar-refractivity contribution in [3.63, 3.8) is 0 Å². The van der Waals surface area contributed by atoms with E-state index < -0.39 is 18.3 Å². The zero-order valence-corrected chi connectivity index (χ0v) is 16.3. The van der Waals surface area contributed by atoms with Crippen molar-refractivity contribution >= 4 is 11.5 Å². The fourth-order valence-electron chi connectivity index (χ4n) is 3.89. The molecule has 2 aliphatic rings. The van der Waals surface area contributed by atoms with Gasteiger partial charge in [-0.25, -0.2) is 18.2 Å². The van der Waals surface area contributed by atoms with Crippen molar-refractivity contribution in [3.8, 4) is 5.75 Å². The van der Waals surface area contributed by atoms with Gasteiger partial charge in [-0.1, -0.05) is 12.1 Å². The number of nitrogens with zero attached hydrogens (tertiary/aromatic N) is 3. The third-order valence-corrected chi connectivity index (χ3v) is 5.51. The first-order valence-corrected chi connectivity index (χ1v) is 9.87. The summed E-state index contributed by atoms with van der Waals surface area (Å²) in [6, 6.07) is 9.21. The number of nitrogens with two attached hydrogens (primary N) is 1. The van der Waals surface area contributed by atoms with Crippen molar-refractivity contribution in [2.24, 2.45) is 5.73 Å². The van der Waals surface area contributed by atoms with Crippen molar-refractivity contribution in [1.82, 2.24) is 4.98 Å². The van der Waals surface area contributed by atoms with Gasteiger partial charge in [0.05, 0.1) is 18.8 Å². The maximum Gasteiger partial charge on any atom is 0.266 e. The van der Waals surface area contributed by atoms with Crippen molar-refractivity contribution in [2.45, 2.75) is 37.8 Å². The lowest BCUT2D eigenvalue weighted by atomic mass is 10.1. The second-order valence-corrected chi connectivity index (χ2v) is 7.83. The monoisotopic (exact) mass is 406 g/mol. The lowest BCUT2D eigenvalue weighted by Gasteiger charge is -2.23. The number of ether oxygens (including phenoxy) is 1. The molecule has 29 heavy (non-hydrogen) atoms. The molecule has 2 aromatic rings. The highest BCUT2D eigenvalue weighted by Crippen LogP contribution is 2.35. The van der Waals surface area contributed by atoms with Crippen LogP contribution in [-0.4, -0.2) is 43.2 Å². The predicted octanol–water partition coefficient (Wildman–Crippen LogP) is 3.74. The molecule has 1 aromatic heterocycles. The topological polar surface area (TPSA) is 54.6 Å². The minimum atomic E-state index is -2.80. The summed E-state index contributed by atoms with van der Waals surface area (Å²) < 4.78 is 48.1. The van der Waals surface area contributed by atoms with Crippen molar-refractivity contribution in [2.75, 3.05) is 36.0 Å². The van der Waals surface area contributed by atoms with Gasteiger partial charge in [-0.05, 0) is 30.7 Å². The zero-order valence-electron chi connectivity index (χ0n) is 16.3. The summed E-state index contributed by atoms with van der Waals surface area (Å²) >= 11 is 0. The molecule has 1 aromatic carbocycles. The summed E-state index contributed by atoms with van der Waals surface area (Å²) in [7, 11) is 0. The molecule has 4 rings (SSSR count). The van der Waals surface area contributed by atoms with Crippen LogP contribution in [0.5, 0.6) is 5.75 Å². The van der Waals surface area contributed by atoms with Crippen LogP contribution in [0.3, 0.4) is 0 Å². The van der Waals surface area contributed by atoms with Crippen LogP contribution in [0.15, 0.2) is 36.5 Å². The Kier molecular flexibility index (Phi) is 5.29. The van der Waals surface area contributed by atoms with Gasteiger partial charge in [0.25, 0.3) is 5.92 Å². The Labute approximate surface area is 168 Å². The molecular formula is C21H25F3N4O. The molecule has 0 spiro atoms. The summed E-state index contributed by atoms with van der Waals surface area (Å²) in [6.45, 7) is 2.67. The van der Waals surface area contributed by atoms with Gasteiger partial charge >= 0.3 is 0 Å². The number of hydrogen-bond donors (Lipinski definition) is 1. The average Bonchev–Trinajstić information content (AvgIpc) is 3.28. The fourth-order valence-corrected chi connectivity index (χ4v) is 3.89. The van der Waals surface area contributed by atoms with Crippen LogP contribution >= 0.6 is 0 Å². The van der Waals surface area contributed by atoms with E-state index in [1.165, 1.54) is 11.1 Å². The number of halogens is 3. The number of aromatic nitrogens is 1. The van der Waals surface area contributed by atoms with Crippen LogP contribution in [0.2, 0.25) is 0 Å². The lowest BCUT2D eigenvalue weighted by Crippen LogP contribution is -2.28. The SMILES string of the molecule is C[C@H](N)c1ccc(O[C@@H]2CCN(c3ccnc(N4CCC(F)(F)C4)c3F)C2)cc1.